The Balaban J connectivity index is 0.000000240. The molecule has 0 bridgehead atoms. The molecule has 2 N–H and O–H groups in total. The summed E-state index contributed by atoms with van der Waals surface area (Å²) in [4.78, 5) is -0.324. The molecule has 0 amide bonds. The molecule has 0 aliphatic heterocycles. The van der Waals surface area contributed by atoms with Crippen LogP contribution in [0.5, 0.6) is 0 Å². The van der Waals surface area contributed by atoms with Gasteiger partial charge in [-0.1, -0.05) is 52.5 Å². The lowest BCUT2D eigenvalue weighted by Gasteiger charge is -2.00. The molecular formula is C12H8Cl5NO4S2. The Morgan fingerprint density at radius 3 is 1.79 bits per heavy atom. The quantitative estimate of drug-likeness (QED) is 0.650. The standard InChI is InChI=1S/C6H3Cl3O2S.C6H5Cl2NO2S/c7-4-2-1-3-5(6(4)8)12(9,10)11;7-4-1-2-5(8)6(3-4)12(9,10)11/h1-3H;1-3H,(H2,9,10,11). The normalized spacial score (nSPS) is 11.6. The lowest BCUT2D eigenvalue weighted by Crippen LogP contribution is -2.12. The van der Waals surface area contributed by atoms with Crippen molar-refractivity contribution in [3.63, 3.8) is 0 Å². The molecule has 0 fully saturated rings. The topological polar surface area (TPSA) is 94.3 Å². The van der Waals surface area contributed by atoms with E-state index in [1.807, 2.05) is 0 Å². The number of benzene rings is 2. The number of hydrogen-bond donors (Lipinski definition) is 1. The van der Waals surface area contributed by atoms with Crippen molar-refractivity contribution in [1.29, 1.82) is 0 Å². The maximum absolute atomic E-state index is 10.8. The third-order valence-corrected chi connectivity index (χ3v) is 6.30. The minimum absolute atomic E-state index is 0.0471. The van der Waals surface area contributed by atoms with Crippen molar-refractivity contribution in [3.8, 4) is 0 Å². The number of rotatable bonds is 2. The van der Waals surface area contributed by atoms with Gasteiger partial charge in [-0.3, -0.25) is 0 Å². The number of halogens is 5. The third-order valence-electron chi connectivity index (χ3n) is 2.38. The van der Waals surface area contributed by atoms with Crippen LogP contribution in [0.3, 0.4) is 0 Å². The molecule has 2 aromatic rings. The van der Waals surface area contributed by atoms with Crippen LogP contribution < -0.4 is 5.14 Å². The Kier molecular flexibility index (Phi) is 7.65. The Bertz CT molecular complexity index is 931. The zero-order valence-electron chi connectivity index (χ0n) is 11.4. The van der Waals surface area contributed by atoms with Crippen molar-refractivity contribution >= 4 is 76.2 Å². The van der Waals surface area contributed by atoms with Gasteiger partial charge < -0.3 is 0 Å². The van der Waals surface area contributed by atoms with E-state index < -0.39 is 19.1 Å². The summed E-state index contributed by atoms with van der Waals surface area (Å²) >= 11 is 22.3. The number of nitrogens with two attached hydrogens (primary N) is 1. The van der Waals surface area contributed by atoms with Crippen LogP contribution in [0.25, 0.3) is 0 Å². The molecule has 24 heavy (non-hydrogen) atoms. The van der Waals surface area contributed by atoms with Crippen LogP contribution in [0, 0.1) is 0 Å². The zero-order chi connectivity index (χ0) is 18.7. The van der Waals surface area contributed by atoms with Gasteiger partial charge in [0.15, 0.2) is 0 Å². The molecule has 0 aliphatic rings. The summed E-state index contributed by atoms with van der Waals surface area (Å²) in [6.45, 7) is 0. The lowest BCUT2D eigenvalue weighted by molar-refractivity contribution is 0.597. The molecule has 2 rings (SSSR count). The van der Waals surface area contributed by atoms with E-state index in [0.717, 1.165) is 0 Å². The van der Waals surface area contributed by atoms with Crippen molar-refractivity contribution in [2.75, 3.05) is 0 Å². The van der Waals surface area contributed by atoms with Crippen LogP contribution in [0.1, 0.15) is 0 Å². The first-order valence-corrected chi connectivity index (χ1v) is 11.1. The molecule has 0 unspecified atom stereocenters. The van der Waals surface area contributed by atoms with Crippen LogP contribution in [0.2, 0.25) is 20.1 Å². The number of sulfonamides is 1. The monoisotopic (exact) mass is 469 g/mol. The van der Waals surface area contributed by atoms with E-state index in [1.54, 1.807) is 0 Å². The highest BCUT2D eigenvalue weighted by Gasteiger charge is 2.16. The summed E-state index contributed by atoms with van der Waals surface area (Å²) in [5, 5.41) is 5.33. The zero-order valence-corrected chi connectivity index (χ0v) is 16.8. The van der Waals surface area contributed by atoms with Crippen LogP contribution in [0.4, 0.5) is 0 Å². The minimum Gasteiger partial charge on any atom is -0.225 e. The van der Waals surface area contributed by atoms with Crippen molar-refractivity contribution in [1.82, 2.24) is 0 Å². The second-order valence-corrected chi connectivity index (χ2v) is 9.80. The molecule has 0 saturated heterocycles. The van der Waals surface area contributed by atoms with E-state index in [-0.39, 0.29) is 29.9 Å². The van der Waals surface area contributed by atoms with Crippen LogP contribution >= 0.6 is 57.1 Å². The van der Waals surface area contributed by atoms with Crippen LogP contribution in [-0.4, -0.2) is 16.8 Å². The van der Waals surface area contributed by atoms with Gasteiger partial charge in [-0.25, -0.2) is 22.0 Å². The van der Waals surface area contributed by atoms with Crippen molar-refractivity contribution < 1.29 is 16.8 Å². The maximum Gasteiger partial charge on any atom is 0.262 e. The maximum atomic E-state index is 10.8. The minimum atomic E-state index is -3.80. The molecule has 2 aromatic carbocycles. The fraction of sp³-hybridized carbons (Fsp3) is 0. The second kappa shape index (κ2) is 8.42. The summed E-state index contributed by atoms with van der Waals surface area (Å²) in [7, 11) is -2.51. The Labute approximate surface area is 163 Å². The average Bonchev–Trinajstić information content (AvgIpc) is 2.43. The van der Waals surface area contributed by atoms with E-state index in [1.165, 1.54) is 36.4 Å². The molecule has 0 aliphatic carbocycles. The summed E-state index contributed by atoms with van der Waals surface area (Å²) in [5.74, 6) is 0. The van der Waals surface area contributed by atoms with E-state index in [0.29, 0.717) is 0 Å². The predicted octanol–water partition coefficient (Wildman–Crippen LogP) is 4.56. The lowest BCUT2D eigenvalue weighted by atomic mass is 10.4. The summed E-state index contributed by atoms with van der Waals surface area (Å²) in [6, 6.07) is 8.30. The first-order valence-electron chi connectivity index (χ1n) is 5.70. The van der Waals surface area contributed by atoms with Gasteiger partial charge in [0.2, 0.25) is 10.0 Å². The van der Waals surface area contributed by atoms with Gasteiger partial charge in [0.1, 0.15) is 9.79 Å². The predicted molar refractivity (Wildman–Crippen MR) is 97.3 cm³/mol. The number of primary sulfonamides is 1. The molecule has 0 radical (unpaired) electrons. The Morgan fingerprint density at radius 1 is 0.792 bits per heavy atom. The second-order valence-electron chi connectivity index (χ2n) is 4.11. The van der Waals surface area contributed by atoms with Gasteiger partial charge in [-0.05, 0) is 30.3 Å². The first kappa shape index (κ1) is 21.8. The highest BCUT2D eigenvalue weighted by atomic mass is 35.7. The van der Waals surface area contributed by atoms with Crippen molar-refractivity contribution in [2.45, 2.75) is 9.79 Å². The molecular weight excluding hydrogens is 464 g/mol. The van der Waals surface area contributed by atoms with Gasteiger partial charge in [0, 0.05) is 15.7 Å². The molecule has 0 atom stereocenters. The van der Waals surface area contributed by atoms with Gasteiger partial charge in [0.05, 0.1) is 15.1 Å². The van der Waals surface area contributed by atoms with E-state index in [4.69, 9.17) is 62.2 Å². The van der Waals surface area contributed by atoms with Crippen molar-refractivity contribution in [2.24, 2.45) is 5.14 Å². The van der Waals surface area contributed by atoms with E-state index in [2.05, 4.69) is 0 Å². The van der Waals surface area contributed by atoms with Gasteiger partial charge >= 0.3 is 0 Å². The highest BCUT2D eigenvalue weighted by Crippen LogP contribution is 2.30. The molecule has 0 aromatic heterocycles. The van der Waals surface area contributed by atoms with Crippen LogP contribution in [0.15, 0.2) is 46.2 Å². The first-order chi connectivity index (χ1) is 10.8. The summed E-state index contributed by atoms with van der Waals surface area (Å²) < 4.78 is 43.3. The summed E-state index contributed by atoms with van der Waals surface area (Å²) in [5.41, 5.74) is 0. The third kappa shape index (κ3) is 6.24. The van der Waals surface area contributed by atoms with Crippen molar-refractivity contribution in [3.05, 3.63) is 56.5 Å². The Morgan fingerprint density at radius 2 is 1.38 bits per heavy atom. The molecule has 132 valence electrons. The van der Waals surface area contributed by atoms with E-state index >= 15 is 0 Å². The highest BCUT2D eigenvalue weighted by molar-refractivity contribution is 8.13. The fourth-order valence-electron chi connectivity index (χ4n) is 1.37. The van der Waals surface area contributed by atoms with E-state index in [9.17, 15) is 16.8 Å². The molecule has 0 heterocycles. The van der Waals surface area contributed by atoms with Gasteiger partial charge in [-0.15, -0.1) is 0 Å². The number of hydrogen-bond acceptors (Lipinski definition) is 4. The fourth-order valence-corrected chi connectivity index (χ4v) is 4.41. The SMILES string of the molecule is NS(=O)(=O)c1cc(Cl)ccc1Cl.O=S(=O)(Cl)c1cccc(Cl)c1Cl. The average molecular weight is 472 g/mol. The van der Waals surface area contributed by atoms with Crippen LogP contribution in [-0.2, 0) is 19.1 Å². The van der Waals surface area contributed by atoms with Gasteiger partial charge in [0.25, 0.3) is 9.05 Å². The Hall–Kier alpha value is -0.250. The molecule has 0 saturated carbocycles. The molecule has 5 nitrogen and oxygen atoms in total. The molecule has 12 heteroatoms. The largest absolute Gasteiger partial charge is 0.262 e. The van der Waals surface area contributed by atoms with Gasteiger partial charge in [-0.2, -0.15) is 0 Å². The summed E-state index contributed by atoms with van der Waals surface area (Å²) in [6.07, 6.45) is 0. The molecule has 0 spiro atoms. The smallest absolute Gasteiger partial charge is 0.225 e.